The summed E-state index contributed by atoms with van der Waals surface area (Å²) in [7, 11) is 0. The number of amides is 2. The summed E-state index contributed by atoms with van der Waals surface area (Å²) in [5.41, 5.74) is 6.34. The summed E-state index contributed by atoms with van der Waals surface area (Å²) < 4.78 is 5.06. The molecule has 0 bridgehead atoms. The number of nitrogens with one attached hydrogen (secondary N) is 1. The number of carbonyl (C=O) groups excluding carboxylic acids is 1. The van der Waals surface area contributed by atoms with Crippen LogP contribution in [0, 0.1) is 0 Å². The summed E-state index contributed by atoms with van der Waals surface area (Å²) in [4.78, 5) is 22.3. The first kappa shape index (κ1) is 12.6. The number of fused-ring (bicyclic) bond motifs is 1. The van der Waals surface area contributed by atoms with Crippen molar-refractivity contribution in [2.45, 2.75) is 6.92 Å². The molecule has 0 radical (unpaired) electrons. The van der Waals surface area contributed by atoms with Crippen molar-refractivity contribution < 1.29 is 14.3 Å². The van der Waals surface area contributed by atoms with Crippen molar-refractivity contribution in [1.82, 2.24) is 5.43 Å². The SMILES string of the molecule is C/C(=N\NC(N)=O)c1c(O)c2ccccc2oc1=O. The van der Waals surface area contributed by atoms with E-state index in [1.54, 1.807) is 24.3 Å². The second-order valence-corrected chi connectivity index (χ2v) is 3.78. The maximum Gasteiger partial charge on any atom is 0.349 e. The monoisotopic (exact) mass is 261 g/mol. The average Bonchev–Trinajstić information content (AvgIpc) is 2.36. The lowest BCUT2D eigenvalue weighted by atomic mass is 10.1. The summed E-state index contributed by atoms with van der Waals surface area (Å²) >= 11 is 0. The Bertz CT molecular complexity index is 733. The Morgan fingerprint density at radius 2 is 2.11 bits per heavy atom. The van der Waals surface area contributed by atoms with E-state index in [9.17, 15) is 14.7 Å². The molecule has 0 spiro atoms. The van der Waals surface area contributed by atoms with Crippen LogP contribution in [0.25, 0.3) is 11.0 Å². The maximum absolute atomic E-state index is 11.8. The van der Waals surface area contributed by atoms with Crippen LogP contribution in [-0.4, -0.2) is 16.8 Å². The van der Waals surface area contributed by atoms with Gasteiger partial charge in [0.05, 0.1) is 11.1 Å². The van der Waals surface area contributed by atoms with Gasteiger partial charge in [-0.25, -0.2) is 15.0 Å². The molecule has 19 heavy (non-hydrogen) atoms. The van der Waals surface area contributed by atoms with E-state index in [-0.39, 0.29) is 22.6 Å². The molecule has 0 unspecified atom stereocenters. The third kappa shape index (κ3) is 2.39. The second-order valence-electron chi connectivity index (χ2n) is 3.78. The molecule has 0 saturated heterocycles. The first-order valence-corrected chi connectivity index (χ1v) is 5.35. The number of para-hydroxylation sites is 1. The van der Waals surface area contributed by atoms with Crippen molar-refractivity contribution in [2.24, 2.45) is 10.8 Å². The van der Waals surface area contributed by atoms with E-state index in [1.165, 1.54) is 6.92 Å². The van der Waals surface area contributed by atoms with E-state index >= 15 is 0 Å². The highest BCUT2D eigenvalue weighted by Gasteiger charge is 2.16. The van der Waals surface area contributed by atoms with E-state index in [2.05, 4.69) is 5.10 Å². The lowest BCUT2D eigenvalue weighted by Gasteiger charge is -2.05. The fraction of sp³-hybridized carbons (Fsp3) is 0.0833. The first-order valence-electron chi connectivity index (χ1n) is 5.35. The third-order valence-electron chi connectivity index (χ3n) is 2.48. The van der Waals surface area contributed by atoms with Crippen LogP contribution in [-0.2, 0) is 0 Å². The van der Waals surface area contributed by atoms with Gasteiger partial charge in [0.2, 0.25) is 0 Å². The molecule has 7 heteroatoms. The molecule has 1 aromatic carbocycles. The molecule has 2 aromatic rings. The number of aromatic hydroxyl groups is 1. The molecule has 0 atom stereocenters. The van der Waals surface area contributed by atoms with Gasteiger partial charge >= 0.3 is 11.7 Å². The zero-order valence-corrected chi connectivity index (χ0v) is 10.0. The Kier molecular flexibility index (Phi) is 3.19. The quantitative estimate of drug-likeness (QED) is 0.422. The highest BCUT2D eigenvalue weighted by Crippen LogP contribution is 2.26. The molecular weight excluding hydrogens is 250 g/mol. The van der Waals surface area contributed by atoms with Gasteiger partial charge in [-0.3, -0.25) is 0 Å². The first-order chi connectivity index (χ1) is 9.00. The minimum Gasteiger partial charge on any atom is -0.506 e. The van der Waals surface area contributed by atoms with Crippen LogP contribution in [0.4, 0.5) is 4.79 Å². The summed E-state index contributed by atoms with van der Waals surface area (Å²) in [6.07, 6.45) is 0. The van der Waals surface area contributed by atoms with Gasteiger partial charge in [0.1, 0.15) is 16.9 Å². The Balaban J connectivity index is 2.64. The molecule has 7 nitrogen and oxygen atoms in total. The minimum absolute atomic E-state index is 0.0933. The normalized spacial score (nSPS) is 11.5. The number of hydrogen-bond acceptors (Lipinski definition) is 5. The van der Waals surface area contributed by atoms with Gasteiger partial charge in [0, 0.05) is 0 Å². The topological polar surface area (TPSA) is 118 Å². The molecule has 0 saturated carbocycles. The van der Waals surface area contributed by atoms with Gasteiger partial charge in [-0.05, 0) is 19.1 Å². The zero-order chi connectivity index (χ0) is 14.0. The number of hydrazone groups is 1. The smallest absolute Gasteiger partial charge is 0.349 e. The standard InChI is InChI=1S/C12H11N3O4/c1-6(14-15-12(13)18)9-10(16)7-4-2-3-5-8(7)19-11(9)17/h2-5,16H,1H3,(H3,13,15,18)/b14-6+. The molecule has 1 heterocycles. The predicted octanol–water partition coefficient (Wildman–Crippen LogP) is 0.891. The summed E-state index contributed by atoms with van der Waals surface area (Å²) in [5, 5.41) is 14.1. The van der Waals surface area contributed by atoms with E-state index in [0.717, 1.165) is 0 Å². The van der Waals surface area contributed by atoms with Crippen molar-refractivity contribution >= 4 is 22.7 Å². The Labute approximate surface area is 107 Å². The number of benzene rings is 1. The summed E-state index contributed by atoms with van der Waals surface area (Å²) in [6.45, 7) is 1.44. The number of rotatable bonds is 2. The maximum atomic E-state index is 11.8. The molecular formula is C12H11N3O4. The van der Waals surface area contributed by atoms with Crippen LogP contribution >= 0.6 is 0 Å². The van der Waals surface area contributed by atoms with Crippen LogP contribution in [0.5, 0.6) is 5.75 Å². The largest absolute Gasteiger partial charge is 0.506 e. The molecule has 0 aliphatic carbocycles. The summed E-state index contributed by atoms with van der Waals surface area (Å²) in [6, 6.07) is 5.67. The lowest BCUT2D eigenvalue weighted by Crippen LogP contribution is -2.26. The fourth-order valence-electron chi connectivity index (χ4n) is 1.65. The Hall–Kier alpha value is -2.83. The van der Waals surface area contributed by atoms with Gasteiger partial charge in [-0.15, -0.1) is 0 Å². The molecule has 4 N–H and O–H groups in total. The van der Waals surface area contributed by atoms with Crippen LogP contribution in [0.3, 0.4) is 0 Å². The molecule has 0 fully saturated rings. The van der Waals surface area contributed by atoms with Crippen LogP contribution in [0.15, 0.2) is 38.6 Å². The van der Waals surface area contributed by atoms with E-state index in [0.29, 0.717) is 5.39 Å². The zero-order valence-electron chi connectivity index (χ0n) is 10.0. The molecule has 2 rings (SSSR count). The Morgan fingerprint density at radius 1 is 1.42 bits per heavy atom. The van der Waals surface area contributed by atoms with Gasteiger partial charge < -0.3 is 15.3 Å². The number of hydrogen-bond donors (Lipinski definition) is 3. The Morgan fingerprint density at radius 3 is 2.79 bits per heavy atom. The van der Waals surface area contributed by atoms with Crippen molar-refractivity contribution in [3.8, 4) is 5.75 Å². The van der Waals surface area contributed by atoms with Crippen molar-refractivity contribution in [1.29, 1.82) is 0 Å². The van der Waals surface area contributed by atoms with Gasteiger partial charge in [0.15, 0.2) is 0 Å². The lowest BCUT2D eigenvalue weighted by molar-refractivity contribution is 0.249. The number of carbonyl (C=O) groups is 1. The van der Waals surface area contributed by atoms with Crippen LogP contribution in [0.1, 0.15) is 12.5 Å². The molecule has 98 valence electrons. The molecule has 0 aliphatic rings. The number of urea groups is 1. The third-order valence-corrected chi connectivity index (χ3v) is 2.48. The highest BCUT2D eigenvalue weighted by atomic mass is 16.4. The number of nitrogens with zero attached hydrogens (tertiary/aromatic N) is 1. The predicted molar refractivity (Wildman–Crippen MR) is 69.1 cm³/mol. The van der Waals surface area contributed by atoms with Gasteiger partial charge in [-0.1, -0.05) is 12.1 Å². The van der Waals surface area contributed by atoms with E-state index in [4.69, 9.17) is 10.2 Å². The van der Waals surface area contributed by atoms with E-state index < -0.39 is 11.7 Å². The van der Waals surface area contributed by atoms with Crippen LogP contribution < -0.4 is 16.8 Å². The fourth-order valence-corrected chi connectivity index (χ4v) is 1.65. The van der Waals surface area contributed by atoms with Crippen molar-refractivity contribution in [3.05, 3.63) is 40.2 Å². The number of nitrogens with two attached hydrogens (primary N) is 1. The van der Waals surface area contributed by atoms with Crippen molar-refractivity contribution in [3.63, 3.8) is 0 Å². The van der Waals surface area contributed by atoms with Crippen molar-refractivity contribution in [2.75, 3.05) is 0 Å². The average molecular weight is 261 g/mol. The van der Waals surface area contributed by atoms with Gasteiger partial charge in [0.25, 0.3) is 0 Å². The molecule has 2 amide bonds. The highest BCUT2D eigenvalue weighted by molar-refractivity contribution is 6.04. The molecule has 0 aliphatic heterocycles. The minimum atomic E-state index is -0.871. The van der Waals surface area contributed by atoms with E-state index in [1.807, 2.05) is 5.43 Å². The van der Waals surface area contributed by atoms with Crippen LogP contribution in [0.2, 0.25) is 0 Å². The summed E-state index contributed by atoms with van der Waals surface area (Å²) in [5.74, 6) is -0.251. The molecule has 1 aromatic heterocycles. The second kappa shape index (κ2) is 4.81. The number of primary amides is 1. The van der Waals surface area contributed by atoms with Gasteiger partial charge in [-0.2, -0.15) is 5.10 Å².